The molecule has 2 aromatic carbocycles. The summed E-state index contributed by atoms with van der Waals surface area (Å²) in [4.78, 5) is 28.5. The molecular formula is C22H23FN4O2S. The van der Waals surface area contributed by atoms with Gasteiger partial charge in [-0.05, 0) is 49.2 Å². The number of aromatic nitrogens is 2. The Morgan fingerprint density at radius 1 is 1.13 bits per heavy atom. The van der Waals surface area contributed by atoms with E-state index in [-0.39, 0.29) is 5.82 Å². The highest BCUT2D eigenvalue weighted by molar-refractivity contribution is 8.00. The molecule has 0 saturated heterocycles. The minimum atomic E-state index is -0.536. The number of nitrogens with zero attached hydrogens (tertiary/aromatic N) is 2. The van der Waals surface area contributed by atoms with Crippen molar-refractivity contribution in [2.24, 2.45) is 0 Å². The molecule has 0 saturated carbocycles. The quantitative estimate of drug-likeness (QED) is 0.559. The highest BCUT2D eigenvalue weighted by atomic mass is 32.2. The number of carbonyl (C=O) groups excluding carboxylic acids is 2. The van der Waals surface area contributed by atoms with Crippen LogP contribution in [0.3, 0.4) is 0 Å². The van der Waals surface area contributed by atoms with Gasteiger partial charge in [0.1, 0.15) is 5.82 Å². The molecule has 3 rings (SSSR count). The smallest absolute Gasteiger partial charge is 0.321 e. The molecule has 0 bridgehead atoms. The van der Waals surface area contributed by atoms with Crippen molar-refractivity contribution in [2.45, 2.75) is 30.8 Å². The minimum absolute atomic E-state index is 0.307. The second-order valence-corrected chi connectivity index (χ2v) is 7.92. The lowest BCUT2D eigenvalue weighted by Gasteiger charge is -2.15. The number of carbonyl (C=O) groups is 2. The van der Waals surface area contributed by atoms with Crippen molar-refractivity contribution < 1.29 is 14.0 Å². The third kappa shape index (κ3) is 5.48. The number of hydrogen-bond donors (Lipinski definition) is 2. The predicted octanol–water partition coefficient (Wildman–Crippen LogP) is 4.06. The molecule has 0 fully saturated rings. The molecule has 0 unspecified atom stereocenters. The summed E-state index contributed by atoms with van der Waals surface area (Å²) in [5, 5.41) is 4.96. The van der Waals surface area contributed by atoms with Crippen LogP contribution < -0.4 is 10.6 Å². The molecule has 3 aromatic rings. The van der Waals surface area contributed by atoms with E-state index in [2.05, 4.69) is 15.6 Å². The van der Waals surface area contributed by atoms with Crippen LogP contribution in [0.15, 0.2) is 66.0 Å². The molecule has 0 spiro atoms. The van der Waals surface area contributed by atoms with E-state index < -0.39 is 17.2 Å². The molecule has 3 amide bonds. The highest BCUT2D eigenvalue weighted by Crippen LogP contribution is 2.29. The van der Waals surface area contributed by atoms with Crippen molar-refractivity contribution in [3.63, 3.8) is 0 Å². The second kappa shape index (κ2) is 10.1. The van der Waals surface area contributed by atoms with E-state index in [1.165, 1.54) is 23.9 Å². The number of benzene rings is 2. The first-order valence-corrected chi connectivity index (χ1v) is 10.5. The summed E-state index contributed by atoms with van der Waals surface area (Å²) in [5.74, 6) is -0.707. The van der Waals surface area contributed by atoms with E-state index in [9.17, 15) is 14.0 Å². The lowest BCUT2D eigenvalue weighted by atomic mass is 10.1. The molecule has 0 aliphatic carbocycles. The Labute approximate surface area is 178 Å². The lowest BCUT2D eigenvalue weighted by Crippen LogP contribution is -2.42. The molecule has 156 valence electrons. The summed E-state index contributed by atoms with van der Waals surface area (Å²) in [6.45, 7) is 4.47. The number of rotatable bonds is 7. The van der Waals surface area contributed by atoms with Gasteiger partial charge in [-0.1, -0.05) is 42.1 Å². The zero-order valence-electron chi connectivity index (χ0n) is 16.8. The topological polar surface area (TPSA) is 76.0 Å². The van der Waals surface area contributed by atoms with Crippen LogP contribution in [0.1, 0.15) is 19.4 Å². The van der Waals surface area contributed by atoms with Crippen LogP contribution in [-0.4, -0.2) is 33.3 Å². The van der Waals surface area contributed by atoms with Crippen LogP contribution >= 0.6 is 11.8 Å². The molecule has 1 aromatic heterocycles. The Hall–Kier alpha value is -3.13. The number of imide groups is 1. The van der Waals surface area contributed by atoms with Gasteiger partial charge in [0.2, 0.25) is 5.91 Å². The maximum Gasteiger partial charge on any atom is 0.321 e. The number of thioether (sulfide) groups is 1. The molecule has 6 nitrogen and oxygen atoms in total. The molecule has 30 heavy (non-hydrogen) atoms. The van der Waals surface area contributed by atoms with Gasteiger partial charge in [-0.25, -0.2) is 14.2 Å². The van der Waals surface area contributed by atoms with E-state index >= 15 is 0 Å². The number of nitrogens with one attached hydrogen (secondary N) is 2. The van der Waals surface area contributed by atoms with Crippen molar-refractivity contribution in [1.82, 2.24) is 20.2 Å². The summed E-state index contributed by atoms with van der Waals surface area (Å²) in [7, 11) is 0. The van der Waals surface area contributed by atoms with Gasteiger partial charge in [0.05, 0.1) is 23.7 Å². The molecular weight excluding hydrogens is 403 g/mol. The molecule has 0 aliphatic heterocycles. The van der Waals surface area contributed by atoms with Gasteiger partial charge in [0, 0.05) is 6.54 Å². The third-order valence-corrected chi connectivity index (χ3v) is 5.47. The maximum atomic E-state index is 13.4. The molecule has 8 heteroatoms. The van der Waals surface area contributed by atoms with Gasteiger partial charge in [0.15, 0.2) is 5.16 Å². The summed E-state index contributed by atoms with van der Waals surface area (Å²) in [6.07, 6.45) is 1.72. The fourth-order valence-electron chi connectivity index (χ4n) is 2.85. The lowest BCUT2D eigenvalue weighted by molar-refractivity contribution is -0.119. The highest BCUT2D eigenvalue weighted by Gasteiger charge is 2.21. The van der Waals surface area contributed by atoms with Crippen molar-refractivity contribution in [3.8, 4) is 11.3 Å². The standard InChI is InChI=1S/C22H23FN4O2S/c1-3-24-21(29)26-20(28)15(2)30-22-25-13-19(17-9-11-18(23)12-10-17)27(22)14-16-7-5-4-6-8-16/h4-13,15H,3,14H2,1-2H3,(H2,24,26,28,29)/t15-/m1/s1. The van der Waals surface area contributed by atoms with Crippen molar-refractivity contribution >= 4 is 23.7 Å². The van der Waals surface area contributed by atoms with Crippen molar-refractivity contribution in [1.29, 1.82) is 0 Å². The Morgan fingerprint density at radius 3 is 2.50 bits per heavy atom. The Kier molecular flexibility index (Phi) is 7.24. The van der Waals surface area contributed by atoms with E-state index in [4.69, 9.17) is 0 Å². The van der Waals surface area contributed by atoms with Crippen LogP contribution in [0.5, 0.6) is 0 Å². The van der Waals surface area contributed by atoms with Crippen molar-refractivity contribution in [3.05, 3.63) is 72.2 Å². The first-order valence-electron chi connectivity index (χ1n) is 9.58. The largest absolute Gasteiger partial charge is 0.338 e. The molecule has 2 N–H and O–H groups in total. The maximum absolute atomic E-state index is 13.4. The molecule has 1 heterocycles. The molecule has 0 radical (unpaired) electrons. The van der Waals surface area contributed by atoms with E-state index in [1.807, 2.05) is 34.9 Å². The van der Waals surface area contributed by atoms with E-state index in [0.717, 1.165) is 16.8 Å². The summed E-state index contributed by atoms with van der Waals surface area (Å²) < 4.78 is 15.4. The first-order chi connectivity index (χ1) is 14.5. The van der Waals surface area contributed by atoms with Crippen molar-refractivity contribution in [2.75, 3.05) is 6.54 Å². The average Bonchev–Trinajstić information content (AvgIpc) is 3.11. The number of imidazole rings is 1. The van der Waals surface area contributed by atoms with Gasteiger partial charge in [-0.15, -0.1) is 0 Å². The summed E-state index contributed by atoms with van der Waals surface area (Å²) >= 11 is 1.26. The summed E-state index contributed by atoms with van der Waals surface area (Å²) in [5.41, 5.74) is 2.71. The Morgan fingerprint density at radius 2 is 1.83 bits per heavy atom. The monoisotopic (exact) mass is 426 g/mol. The van der Waals surface area contributed by atoms with Gasteiger partial charge in [0.25, 0.3) is 0 Å². The fraction of sp³-hybridized carbons (Fsp3) is 0.227. The molecule has 1 atom stereocenters. The SMILES string of the molecule is CCNC(=O)NC(=O)[C@@H](C)Sc1ncc(-c2ccc(F)cc2)n1Cc1ccccc1. The number of hydrogen-bond acceptors (Lipinski definition) is 4. The normalized spacial score (nSPS) is 11.7. The zero-order chi connectivity index (χ0) is 21.5. The summed E-state index contributed by atoms with van der Waals surface area (Å²) in [6, 6.07) is 15.6. The second-order valence-electron chi connectivity index (χ2n) is 6.61. The van der Waals surface area contributed by atoms with E-state index in [1.54, 1.807) is 32.2 Å². The van der Waals surface area contributed by atoms with Gasteiger partial charge in [-0.3, -0.25) is 10.1 Å². The van der Waals surface area contributed by atoms with Gasteiger partial charge in [-0.2, -0.15) is 0 Å². The third-order valence-electron chi connectivity index (χ3n) is 4.37. The van der Waals surface area contributed by atoms with Gasteiger partial charge >= 0.3 is 6.03 Å². The van der Waals surface area contributed by atoms with Crippen LogP contribution in [0.4, 0.5) is 9.18 Å². The van der Waals surface area contributed by atoms with E-state index in [0.29, 0.717) is 18.2 Å². The predicted molar refractivity (Wildman–Crippen MR) is 116 cm³/mol. The number of urea groups is 1. The average molecular weight is 427 g/mol. The first kappa shape index (κ1) is 21.6. The van der Waals surface area contributed by atoms with Crippen LogP contribution in [0.2, 0.25) is 0 Å². The Bertz CT molecular complexity index is 1010. The van der Waals surface area contributed by atoms with Crippen LogP contribution in [-0.2, 0) is 11.3 Å². The van der Waals surface area contributed by atoms with Crippen LogP contribution in [0.25, 0.3) is 11.3 Å². The zero-order valence-corrected chi connectivity index (χ0v) is 17.6. The van der Waals surface area contributed by atoms with Gasteiger partial charge < -0.3 is 9.88 Å². The van der Waals surface area contributed by atoms with Crippen LogP contribution in [0, 0.1) is 5.82 Å². The number of halogens is 1. The molecule has 0 aliphatic rings. The Balaban J connectivity index is 1.87. The minimum Gasteiger partial charge on any atom is -0.338 e. The fourth-order valence-corrected chi connectivity index (χ4v) is 3.74. The number of amides is 3.